The van der Waals surface area contributed by atoms with Crippen LogP contribution in [0.5, 0.6) is 0 Å². The summed E-state index contributed by atoms with van der Waals surface area (Å²) >= 11 is 1.60. The standard InChI is InChI=1S/C18H23N3O2S/c22-16(11-13-5-1-2-6-13)21-9-3-7-14(12-21)17-19-20-18(23-17)15-8-4-10-24-15/h4,8,10,13-14H,1-3,5-7,9,11-12H2/t14-/m1/s1. The zero-order chi connectivity index (χ0) is 16.4. The van der Waals surface area contributed by atoms with Crippen molar-refractivity contribution >= 4 is 17.2 Å². The molecule has 1 aliphatic carbocycles. The monoisotopic (exact) mass is 345 g/mol. The van der Waals surface area contributed by atoms with Gasteiger partial charge in [0.05, 0.1) is 10.8 Å². The number of nitrogens with zero attached hydrogens (tertiary/aromatic N) is 3. The van der Waals surface area contributed by atoms with Gasteiger partial charge in [-0.05, 0) is 43.0 Å². The molecular weight excluding hydrogens is 322 g/mol. The van der Waals surface area contributed by atoms with Crippen molar-refractivity contribution in [2.45, 2.75) is 50.9 Å². The van der Waals surface area contributed by atoms with E-state index in [1.807, 2.05) is 22.4 Å². The van der Waals surface area contributed by atoms with Crippen molar-refractivity contribution in [3.63, 3.8) is 0 Å². The molecule has 2 fully saturated rings. The van der Waals surface area contributed by atoms with Crippen LogP contribution < -0.4 is 0 Å². The van der Waals surface area contributed by atoms with Crippen LogP contribution >= 0.6 is 11.3 Å². The van der Waals surface area contributed by atoms with Crippen LogP contribution in [0.1, 0.15) is 56.8 Å². The second-order valence-electron chi connectivity index (χ2n) is 6.96. The van der Waals surface area contributed by atoms with Gasteiger partial charge >= 0.3 is 0 Å². The normalized spacial score (nSPS) is 22.2. The van der Waals surface area contributed by atoms with E-state index in [9.17, 15) is 4.79 Å². The molecule has 1 saturated carbocycles. The van der Waals surface area contributed by atoms with Gasteiger partial charge in [0.2, 0.25) is 11.8 Å². The fraction of sp³-hybridized carbons (Fsp3) is 0.611. The maximum atomic E-state index is 12.6. The van der Waals surface area contributed by atoms with Gasteiger partial charge in [0.25, 0.3) is 5.89 Å². The predicted molar refractivity (Wildman–Crippen MR) is 92.7 cm³/mol. The van der Waals surface area contributed by atoms with Gasteiger partial charge in [0.15, 0.2) is 0 Å². The first-order valence-corrected chi connectivity index (χ1v) is 9.82. The van der Waals surface area contributed by atoms with Gasteiger partial charge in [-0.15, -0.1) is 21.5 Å². The van der Waals surface area contributed by atoms with E-state index in [1.54, 1.807) is 11.3 Å². The molecule has 2 aromatic rings. The van der Waals surface area contributed by atoms with E-state index in [2.05, 4.69) is 10.2 Å². The SMILES string of the molecule is O=C(CC1CCCC1)N1CCC[C@@H](c2nnc(-c3cccs3)o2)C1. The number of carbonyl (C=O) groups is 1. The lowest BCUT2D eigenvalue weighted by Gasteiger charge is -2.31. The highest BCUT2D eigenvalue weighted by Gasteiger charge is 2.30. The predicted octanol–water partition coefficient (Wildman–Crippen LogP) is 4.08. The van der Waals surface area contributed by atoms with Gasteiger partial charge in [-0.25, -0.2) is 0 Å². The molecule has 1 atom stereocenters. The summed E-state index contributed by atoms with van der Waals surface area (Å²) < 4.78 is 5.88. The highest BCUT2D eigenvalue weighted by atomic mass is 32.1. The summed E-state index contributed by atoms with van der Waals surface area (Å²) in [4.78, 5) is 15.6. The zero-order valence-corrected chi connectivity index (χ0v) is 14.6. The van der Waals surface area contributed by atoms with E-state index >= 15 is 0 Å². The van der Waals surface area contributed by atoms with E-state index in [0.29, 0.717) is 23.6 Å². The molecule has 1 saturated heterocycles. The Morgan fingerprint density at radius 2 is 2.12 bits per heavy atom. The minimum atomic E-state index is 0.174. The molecule has 2 aromatic heterocycles. The fourth-order valence-corrected chi connectivity index (χ4v) is 4.54. The number of carbonyl (C=O) groups excluding carboxylic acids is 1. The number of aromatic nitrogens is 2. The van der Waals surface area contributed by atoms with Crippen molar-refractivity contribution < 1.29 is 9.21 Å². The third-order valence-corrected chi connectivity index (χ3v) is 6.09. The van der Waals surface area contributed by atoms with Crippen molar-refractivity contribution in [1.29, 1.82) is 0 Å². The molecule has 0 bridgehead atoms. The molecule has 0 spiro atoms. The summed E-state index contributed by atoms with van der Waals surface area (Å²) in [7, 11) is 0. The zero-order valence-electron chi connectivity index (χ0n) is 13.8. The summed E-state index contributed by atoms with van der Waals surface area (Å²) in [5.74, 6) is 2.36. The molecule has 2 aliphatic rings. The number of amides is 1. The van der Waals surface area contributed by atoms with Crippen molar-refractivity contribution in [3.8, 4) is 10.8 Å². The van der Waals surface area contributed by atoms with Crippen molar-refractivity contribution in [1.82, 2.24) is 15.1 Å². The molecule has 5 nitrogen and oxygen atoms in total. The Balaban J connectivity index is 1.40. The molecule has 0 unspecified atom stereocenters. The molecule has 0 N–H and O–H groups in total. The van der Waals surface area contributed by atoms with Crippen LogP contribution in [-0.4, -0.2) is 34.1 Å². The molecule has 0 radical (unpaired) electrons. The van der Waals surface area contributed by atoms with E-state index in [-0.39, 0.29) is 5.92 Å². The number of thiophene rings is 1. The first kappa shape index (κ1) is 15.8. The minimum Gasteiger partial charge on any atom is -0.420 e. The Hall–Kier alpha value is -1.69. The van der Waals surface area contributed by atoms with Crippen molar-refractivity contribution in [3.05, 3.63) is 23.4 Å². The summed E-state index contributed by atoms with van der Waals surface area (Å²) in [6.45, 7) is 1.59. The second kappa shape index (κ2) is 7.05. The first-order valence-electron chi connectivity index (χ1n) is 8.94. The molecule has 3 heterocycles. The van der Waals surface area contributed by atoms with E-state index in [4.69, 9.17) is 4.42 Å². The number of piperidine rings is 1. The maximum Gasteiger partial charge on any atom is 0.257 e. The van der Waals surface area contributed by atoms with Crippen molar-refractivity contribution in [2.24, 2.45) is 5.92 Å². The molecule has 24 heavy (non-hydrogen) atoms. The fourth-order valence-electron chi connectivity index (χ4n) is 3.90. The van der Waals surface area contributed by atoms with Crippen LogP contribution in [0, 0.1) is 5.92 Å². The van der Waals surface area contributed by atoms with Crippen LogP contribution in [0.3, 0.4) is 0 Å². The number of likely N-dealkylation sites (tertiary alicyclic amines) is 1. The quantitative estimate of drug-likeness (QED) is 0.837. The molecule has 1 aliphatic heterocycles. The summed E-state index contributed by atoms with van der Waals surface area (Å²) in [6, 6.07) is 3.97. The molecule has 128 valence electrons. The molecule has 1 amide bonds. The van der Waals surface area contributed by atoms with Gasteiger partial charge in [0, 0.05) is 19.5 Å². The van der Waals surface area contributed by atoms with Crippen LogP contribution in [0.4, 0.5) is 0 Å². The van der Waals surface area contributed by atoms with Crippen LogP contribution in [0.25, 0.3) is 10.8 Å². The minimum absolute atomic E-state index is 0.174. The van der Waals surface area contributed by atoms with Crippen LogP contribution in [0.15, 0.2) is 21.9 Å². The molecule has 6 heteroatoms. The van der Waals surface area contributed by atoms with Crippen LogP contribution in [-0.2, 0) is 4.79 Å². The average Bonchev–Trinajstić information content (AvgIpc) is 3.36. The highest BCUT2D eigenvalue weighted by Crippen LogP contribution is 2.32. The Labute approximate surface area is 146 Å². The summed E-state index contributed by atoms with van der Waals surface area (Å²) in [6.07, 6.45) is 7.75. The largest absolute Gasteiger partial charge is 0.420 e. The van der Waals surface area contributed by atoms with Crippen molar-refractivity contribution in [2.75, 3.05) is 13.1 Å². The third-order valence-electron chi connectivity index (χ3n) is 5.23. The molecule has 4 rings (SSSR count). The lowest BCUT2D eigenvalue weighted by atomic mass is 9.96. The first-order chi connectivity index (χ1) is 11.8. The Bertz CT molecular complexity index is 676. The lowest BCUT2D eigenvalue weighted by molar-refractivity contribution is -0.133. The highest BCUT2D eigenvalue weighted by molar-refractivity contribution is 7.13. The smallest absolute Gasteiger partial charge is 0.257 e. The van der Waals surface area contributed by atoms with E-state index < -0.39 is 0 Å². The Morgan fingerprint density at radius 1 is 1.25 bits per heavy atom. The van der Waals surface area contributed by atoms with Crippen LogP contribution in [0.2, 0.25) is 0 Å². The lowest BCUT2D eigenvalue weighted by Crippen LogP contribution is -2.39. The van der Waals surface area contributed by atoms with Gasteiger partial charge in [-0.1, -0.05) is 18.9 Å². The Morgan fingerprint density at radius 3 is 2.92 bits per heavy atom. The van der Waals surface area contributed by atoms with Gasteiger partial charge in [-0.3, -0.25) is 4.79 Å². The number of hydrogen-bond acceptors (Lipinski definition) is 5. The topological polar surface area (TPSA) is 59.2 Å². The Kier molecular flexibility index (Phi) is 4.65. The summed E-state index contributed by atoms with van der Waals surface area (Å²) in [5, 5.41) is 10.4. The maximum absolute atomic E-state index is 12.6. The molecular formula is C18H23N3O2S. The van der Waals surface area contributed by atoms with E-state index in [1.165, 1.54) is 25.7 Å². The molecule has 0 aromatic carbocycles. The summed E-state index contributed by atoms with van der Waals surface area (Å²) in [5.41, 5.74) is 0. The van der Waals surface area contributed by atoms with Gasteiger partial charge in [0.1, 0.15) is 0 Å². The van der Waals surface area contributed by atoms with E-state index in [0.717, 1.165) is 37.2 Å². The average molecular weight is 345 g/mol. The van der Waals surface area contributed by atoms with Gasteiger partial charge < -0.3 is 9.32 Å². The third kappa shape index (κ3) is 3.38. The number of hydrogen-bond donors (Lipinski definition) is 0. The van der Waals surface area contributed by atoms with Gasteiger partial charge in [-0.2, -0.15) is 0 Å². The second-order valence-corrected chi connectivity index (χ2v) is 7.90. The number of rotatable bonds is 4.